The van der Waals surface area contributed by atoms with Gasteiger partial charge in [-0.2, -0.15) is 18.4 Å². The van der Waals surface area contributed by atoms with Crippen molar-refractivity contribution in [3.63, 3.8) is 0 Å². The molecule has 4 aliphatic rings. The quantitative estimate of drug-likeness (QED) is 0.758. The van der Waals surface area contributed by atoms with Crippen molar-refractivity contribution in [1.29, 1.82) is 5.26 Å². The summed E-state index contributed by atoms with van der Waals surface area (Å²) in [6.07, 6.45) is 1.43. The van der Waals surface area contributed by atoms with Crippen LogP contribution in [-0.4, -0.2) is 33.8 Å². The van der Waals surface area contributed by atoms with Crippen molar-refractivity contribution < 1.29 is 22.7 Å². The van der Waals surface area contributed by atoms with Gasteiger partial charge in [0.1, 0.15) is 17.3 Å². The summed E-state index contributed by atoms with van der Waals surface area (Å²) in [4.78, 5) is 18.8. The average Bonchev–Trinajstić information content (AvgIpc) is 3.12. The molecule has 0 aromatic carbocycles. The highest BCUT2D eigenvalue weighted by Crippen LogP contribution is 2.58. The summed E-state index contributed by atoms with van der Waals surface area (Å²) in [5, 5.41) is 13.9. The molecule has 2 atom stereocenters. The van der Waals surface area contributed by atoms with E-state index in [1.807, 2.05) is 6.07 Å². The van der Waals surface area contributed by atoms with Crippen LogP contribution in [0.15, 0.2) is 18.5 Å². The molecule has 6 rings (SSSR count). The van der Waals surface area contributed by atoms with Crippen LogP contribution in [0.5, 0.6) is 0 Å². The number of ether oxygens (including phenoxy) is 1. The van der Waals surface area contributed by atoms with Crippen LogP contribution in [0.4, 0.5) is 18.9 Å². The number of carbonyl (C=O) groups excluding carboxylic acids is 1. The molecule has 0 saturated heterocycles. The average molecular weight is 404 g/mol. The number of hydrogen-bond donors (Lipinski definition) is 2. The first-order valence-corrected chi connectivity index (χ1v) is 9.71. The van der Waals surface area contributed by atoms with Crippen molar-refractivity contribution in [3.8, 4) is 6.07 Å². The Morgan fingerprint density at radius 3 is 2.69 bits per heavy atom. The summed E-state index contributed by atoms with van der Waals surface area (Å²) in [5.41, 5.74) is 0.800. The maximum atomic E-state index is 12.8. The standard InChI is InChI=1S/C20H19F3N4O2/c21-20(22,23)18(28)29-19-5-10-3-11(6-19)15(12(4-10)7-19)27-16-13(8-24)9-26-17-14(16)1-2-25-17/h1-2,9-12,15H,3-7H2,(H2,25,26,27)/t10?,11?,12?,15-,19+. The Morgan fingerprint density at radius 2 is 2.03 bits per heavy atom. The Hall–Kier alpha value is -2.76. The van der Waals surface area contributed by atoms with Gasteiger partial charge in [0.2, 0.25) is 0 Å². The zero-order valence-corrected chi connectivity index (χ0v) is 15.4. The Labute approximate surface area is 164 Å². The third-order valence-corrected chi connectivity index (χ3v) is 6.78. The monoisotopic (exact) mass is 404 g/mol. The molecule has 4 fully saturated rings. The van der Waals surface area contributed by atoms with Crippen molar-refractivity contribution in [2.24, 2.45) is 17.8 Å². The number of rotatable bonds is 3. The maximum Gasteiger partial charge on any atom is 0.490 e. The van der Waals surface area contributed by atoms with Crippen molar-refractivity contribution >= 4 is 22.7 Å². The number of carbonyl (C=O) groups is 1. The van der Waals surface area contributed by atoms with Gasteiger partial charge >= 0.3 is 12.1 Å². The summed E-state index contributed by atoms with van der Waals surface area (Å²) in [6, 6.07) is 4.05. The number of H-pyrrole nitrogens is 1. The van der Waals surface area contributed by atoms with E-state index < -0.39 is 17.7 Å². The summed E-state index contributed by atoms with van der Waals surface area (Å²) >= 11 is 0. The normalized spacial score (nSPS) is 32.9. The topological polar surface area (TPSA) is 90.8 Å². The number of anilines is 1. The lowest BCUT2D eigenvalue weighted by atomic mass is 9.52. The number of fused-ring (bicyclic) bond motifs is 1. The summed E-state index contributed by atoms with van der Waals surface area (Å²) in [6.45, 7) is 0. The predicted octanol–water partition coefficient (Wildman–Crippen LogP) is 3.90. The fourth-order valence-electron chi connectivity index (χ4n) is 5.98. The van der Waals surface area contributed by atoms with E-state index in [1.54, 1.807) is 6.20 Å². The zero-order chi connectivity index (χ0) is 20.4. The molecule has 9 heteroatoms. The molecule has 0 aliphatic heterocycles. The van der Waals surface area contributed by atoms with Gasteiger partial charge in [-0.05, 0) is 55.9 Å². The molecular formula is C20H19F3N4O2. The lowest BCUT2D eigenvalue weighted by Crippen LogP contribution is -2.61. The van der Waals surface area contributed by atoms with Crippen LogP contribution in [0.2, 0.25) is 0 Å². The van der Waals surface area contributed by atoms with Gasteiger partial charge in [-0.1, -0.05) is 0 Å². The minimum absolute atomic E-state index is 0.0249. The number of hydrogen-bond acceptors (Lipinski definition) is 5. The van der Waals surface area contributed by atoms with Gasteiger partial charge in [-0.15, -0.1) is 0 Å². The first-order chi connectivity index (χ1) is 13.8. The number of nitrogens with zero attached hydrogens (tertiary/aromatic N) is 2. The number of halogens is 3. The molecule has 2 aromatic rings. The lowest BCUT2D eigenvalue weighted by Gasteiger charge is -2.59. The Bertz CT molecular complexity index is 1010. The van der Waals surface area contributed by atoms with E-state index in [0.29, 0.717) is 36.2 Å². The molecule has 4 aliphatic carbocycles. The Morgan fingerprint density at radius 1 is 1.31 bits per heavy atom. The second kappa shape index (κ2) is 6.12. The molecule has 4 bridgehead atoms. The second-order valence-electron chi connectivity index (χ2n) is 8.61. The van der Waals surface area contributed by atoms with E-state index in [-0.39, 0.29) is 23.8 Å². The maximum absolute atomic E-state index is 12.8. The van der Waals surface area contributed by atoms with E-state index in [9.17, 15) is 23.2 Å². The van der Waals surface area contributed by atoms with Gasteiger partial charge in [0.25, 0.3) is 0 Å². The third kappa shape index (κ3) is 2.93. The Balaban J connectivity index is 1.43. The first kappa shape index (κ1) is 18.3. The van der Waals surface area contributed by atoms with E-state index in [1.165, 1.54) is 6.20 Å². The van der Waals surface area contributed by atoms with Crippen LogP contribution < -0.4 is 5.32 Å². The molecule has 2 heterocycles. The number of nitriles is 1. The molecule has 152 valence electrons. The van der Waals surface area contributed by atoms with Gasteiger partial charge < -0.3 is 15.0 Å². The van der Waals surface area contributed by atoms with Crippen LogP contribution in [0, 0.1) is 29.1 Å². The van der Waals surface area contributed by atoms with E-state index in [4.69, 9.17) is 4.74 Å². The van der Waals surface area contributed by atoms with Gasteiger partial charge in [-0.25, -0.2) is 9.78 Å². The van der Waals surface area contributed by atoms with Gasteiger partial charge in [0.15, 0.2) is 0 Å². The smallest absolute Gasteiger partial charge is 0.452 e. The highest BCUT2D eigenvalue weighted by atomic mass is 19.4. The molecule has 0 spiro atoms. The summed E-state index contributed by atoms with van der Waals surface area (Å²) in [5.74, 6) is -1.63. The van der Waals surface area contributed by atoms with Crippen LogP contribution in [0.25, 0.3) is 11.0 Å². The molecule has 0 radical (unpaired) electrons. The highest BCUT2D eigenvalue weighted by molar-refractivity contribution is 5.92. The predicted molar refractivity (Wildman–Crippen MR) is 96.7 cm³/mol. The fourth-order valence-corrected chi connectivity index (χ4v) is 5.98. The Kier molecular flexibility index (Phi) is 3.86. The van der Waals surface area contributed by atoms with Crippen molar-refractivity contribution in [1.82, 2.24) is 9.97 Å². The van der Waals surface area contributed by atoms with Crippen molar-refractivity contribution in [2.75, 3.05) is 5.32 Å². The minimum atomic E-state index is -4.97. The fraction of sp³-hybridized carbons (Fsp3) is 0.550. The number of aromatic nitrogens is 2. The summed E-state index contributed by atoms with van der Waals surface area (Å²) < 4.78 is 43.4. The van der Waals surface area contributed by atoms with E-state index in [0.717, 1.165) is 18.2 Å². The van der Waals surface area contributed by atoms with E-state index >= 15 is 0 Å². The molecule has 29 heavy (non-hydrogen) atoms. The molecule has 2 aromatic heterocycles. The second-order valence-corrected chi connectivity index (χ2v) is 8.61. The van der Waals surface area contributed by atoms with Crippen molar-refractivity contribution in [2.45, 2.75) is 49.9 Å². The first-order valence-electron chi connectivity index (χ1n) is 9.71. The highest BCUT2D eigenvalue weighted by Gasteiger charge is 2.59. The van der Waals surface area contributed by atoms with Crippen molar-refractivity contribution in [3.05, 3.63) is 24.0 Å². The van der Waals surface area contributed by atoms with Crippen LogP contribution in [0.3, 0.4) is 0 Å². The van der Waals surface area contributed by atoms with Crippen LogP contribution in [-0.2, 0) is 9.53 Å². The number of nitrogens with one attached hydrogen (secondary N) is 2. The minimum Gasteiger partial charge on any atom is -0.452 e. The molecule has 2 N–H and O–H groups in total. The number of aromatic amines is 1. The third-order valence-electron chi connectivity index (χ3n) is 6.78. The van der Waals surface area contributed by atoms with E-state index in [2.05, 4.69) is 21.4 Å². The lowest BCUT2D eigenvalue weighted by molar-refractivity contribution is -0.231. The molecular weight excluding hydrogens is 385 g/mol. The largest absolute Gasteiger partial charge is 0.490 e. The molecule has 0 amide bonds. The zero-order valence-electron chi connectivity index (χ0n) is 15.4. The number of pyridine rings is 1. The van der Waals surface area contributed by atoms with Crippen LogP contribution >= 0.6 is 0 Å². The number of alkyl halides is 3. The number of esters is 1. The molecule has 2 unspecified atom stereocenters. The molecule has 6 nitrogen and oxygen atoms in total. The summed E-state index contributed by atoms with van der Waals surface area (Å²) in [7, 11) is 0. The SMILES string of the molecule is N#Cc1cnc2[nH]ccc2c1N[C@H]1C2CC3CC1C[C@@](OC(=O)C(F)(F)F)(C3)C2. The molecule has 4 saturated carbocycles. The van der Waals surface area contributed by atoms with Gasteiger partial charge in [0.05, 0.1) is 11.3 Å². The van der Waals surface area contributed by atoms with Gasteiger partial charge in [0, 0.05) is 23.8 Å². The van der Waals surface area contributed by atoms with Crippen LogP contribution in [0.1, 0.15) is 37.7 Å². The van der Waals surface area contributed by atoms with Gasteiger partial charge in [-0.3, -0.25) is 0 Å².